The zero-order valence-electron chi connectivity index (χ0n) is 8.58. The van der Waals surface area contributed by atoms with Gasteiger partial charge in [0.2, 0.25) is 0 Å². The Morgan fingerprint density at radius 3 is 2.71 bits per heavy atom. The second-order valence-electron chi connectivity index (χ2n) is 3.12. The number of rotatable bonds is 3. The average Bonchev–Trinajstić information content (AvgIpc) is 2.26. The lowest BCUT2D eigenvalue weighted by molar-refractivity contribution is 0.270. The number of allylic oxidation sites excluding steroid dienone is 1. The van der Waals surface area contributed by atoms with Crippen molar-refractivity contribution >= 4 is 0 Å². The van der Waals surface area contributed by atoms with E-state index in [0.29, 0.717) is 0 Å². The van der Waals surface area contributed by atoms with Crippen LogP contribution in [0.2, 0.25) is 0 Å². The quantitative estimate of drug-likeness (QED) is 0.521. The summed E-state index contributed by atoms with van der Waals surface area (Å²) in [6, 6.07) is 7.83. The Balaban J connectivity index is 3.07. The van der Waals surface area contributed by atoms with Gasteiger partial charge < -0.3 is 4.74 Å². The van der Waals surface area contributed by atoms with Crippen LogP contribution in [0, 0.1) is 12.3 Å². The summed E-state index contributed by atoms with van der Waals surface area (Å²) in [5, 5.41) is 0. The van der Waals surface area contributed by atoms with E-state index in [1.807, 2.05) is 31.2 Å². The van der Waals surface area contributed by atoms with E-state index in [9.17, 15) is 0 Å². The monoisotopic (exact) mass is 186 g/mol. The van der Waals surface area contributed by atoms with Crippen LogP contribution in [-0.4, -0.2) is 7.11 Å². The smallest absolute Gasteiger partial charge is 0.0956 e. The molecule has 1 heteroatoms. The second kappa shape index (κ2) is 4.53. The van der Waals surface area contributed by atoms with Crippen LogP contribution in [0.15, 0.2) is 36.6 Å². The molecule has 1 nitrogen and oxygen atoms in total. The van der Waals surface area contributed by atoms with Crippen LogP contribution in [-0.2, 0) is 4.74 Å². The Morgan fingerprint density at radius 1 is 1.50 bits per heavy atom. The molecule has 1 aromatic rings. The molecular formula is C13H14O. The molecule has 0 saturated carbocycles. The van der Waals surface area contributed by atoms with Crippen LogP contribution in [0.4, 0.5) is 0 Å². The lowest BCUT2D eigenvalue weighted by atomic mass is 9.95. The predicted octanol–water partition coefficient (Wildman–Crippen LogP) is 2.93. The molecule has 0 aliphatic heterocycles. The molecule has 1 unspecified atom stereocenters. The predicted molar refractivity (Wildman–Crippen MR) is 58.9 cm³/mol. The van der Waals surface area contributed by atoms with Gasteiger partial charge in [-0.15, -0.1) is 6.42 Å². The Labute approximate surface area is 85.4 Å². The first-order valence-corrected chi connectivity index (χ1v) is 4.49. The third-order valence-corrected chi connectivity index (χ3v) is 2.33. The zero-order valence-corrected chi connectivity index (χ0v) is 8.58. The average molecular weight is 186 g/mol. The highest BCUT2D eigenvalue weighted by Crippen LogP contribution is 2.25. The third kappa shape index (κ3) is 1.97. The molecule has 1 aromatic carbocycles. The number of terminal acetylenes is 1. The van der Waals surface area contributed by atoms with Gasteiger partial charge in [0.1, 0.15) is 0 Å². The summed E-state index contributed by atoms with van der Waals surface area (Å²) in [5.41, 5.74) is 1.99. The molecule has 1 rings (SSSR count). The molecule has 0 aromatic heterocycles. The zero-order chi connectivity index (χ0) is 10.6. The fourth-order valence-electron chi connectivity index (χ4n) is 1.36. The molecule has 14 heavy (non-hydrogen) atoms. The van der Waals surface area contributed by atoms with Gasteiger partial charge in [-0.05, 0) is 11.6 Å². The molecule has 0 bridgehead atoms. The first-order valence-electron chi connectivity index (χ1n) is 4.49. The second-order valence-corrected chi connectivity index (χ2v) is 3.12. The number of ether oxygens (including phenoxy) is 1. The van der Waals surface area contributed by atoms with Gasteiger partial charge in [-0.1, -0.05) is 37.6 Å². The minimum Gasteiger partial charge on any atom is -0.501 e. The molecule has 72 valence electrons. The van der Waals surface area contributed by atoms with Crippen molar-refractivity contribution in [1.29, 1.82) is 0 Å². The van der Waals surface area contributed by atoms with Crippen LogP contribution in [0.1, 0.15) is 24.0 Å². The molecule has 0 radical (unpaired) electrons. The van der Waals surface area contributed by atoms with Crippen molar-refractivity contribution in [2.24, 2.45) is 0 Å². The molecule has 0 aliphatic carbocycles. The normalized spacial score (nSPS) is 11.5. The van der Waals surface area contributed by atoms with Crippen LogP contribution >= 0.6 is 0 Å². The standard InChI is InChI=1S/C13H14O/c1-5-12-8-6-7-9-13(12)10(2)11(3)14-4/h1,6-10H,3H2,2,4H3. The summed E-state index contributed by atoms with van der Waals surface area (Å²) in [6.45, 7) is 5.86. The summed E-state index contributed by atoms with van der Waals surface area (Å²) in [4.78, 5) is 0. The van der Waals surface area contributed by atoms with E-state index >= 15 is 0 Å². The Bertz CT molecular complexity index is 371. The Morgan fingerprint density at radius 2 is 2.14 bits per heavy atom. The fraction of sp³-hybridized carbons (Fsp3) is 0.231. The molecule has 0 amide bonds. The molecule has 0 heterocycles. The van der Waals surface area contributed by atoms with Crippen molar-refractivity contribution in [1.82, 2.24) is 0 Å². The molecule has 0 fully saturated rings. The lowest BCUT2D eigenvalue weighted by Gasteiger charge is -2.15. The van der Waals surface area contributed by atoms with Gasteiger partial charge in [-0.25, -0.2) is 0 Å². The van der Waals surface area contributed by atoms with Crippen molar-refractivity contribution in [3.05, 3.63) is 47.7 Å². The van der Waals surface area contributed by atoms with Gasteiger partial charge >= 0.3 is 0 Å². The largest absolute Gasteiger partial charge is 0.501 e. The number of benzene rings is 1. The summed E-state index contributed by atoms with van der Waals surface area (Å²) in [7, 11) is 1.62. The molecule has 1 atom stereocenters. The maximum absolute atomic E-state index is 5.41. The van der Waals surface area contributed by atoms with Crippen molar-refractivity contribution in [2.75, 3.05) is 7.11 Å². The van der Waals surface area contributed by atoms with E-state index in [4.69, 9.17) is 11.2 Å². The molecule has 0 aliphatic rings. The summed E-state index contributed by atoms with van der Waals surface area (Å²) in [6.07, 6.45) is 5.41. The fourth-order valence-corrected chi connectivity index (χ4v) is 1.36. The number of hydrogen-bond acceptors (Lipinski definition) is 1. The minimum absolute atomic E-state index is 0.132. The van der Waals surface area contributed by atoms with E-state index in [2.05, 4.69) is 12.5 Å². The summed E-state index contributed by atoms with van der Waals surface area (Å²) < 4.78 is 5.10. The topological polar surface area (TPSA) is 9.23 Å². The van der Waals surface area contributed by atoms with Gasteiger partial charge in [0, 0.05) is 11.5 Å². The van der Waals surface area contributed by atoms with E-state index in [0.717, 1.165) is 16.9 Å². The molecule has 0 N–H and O–H groups in total. The lowest BCUT2D eigenvalue weighted by Crippen LogP contribution is -2.01. The van der Waals surface area contributed by atoms with Gasteiger partial charge in [0.15, 0.2) is 0 Å². The van der Waals surface area contributed by atoms with Crippen LogP contribution in [0.5, 0.6) is 0 Å². The summed E-state index contributed by atoms with van der Waals surface area (Å²) >= 11 is 0. The first kappa shape index (κ1) is 10.4. The molecule has 0 saturated heterocycles. The SMILES string of the molecule is C#Cc1ccccc1C(C)C(=C)OC. The first-order chi connectivity index (χ1) is 6.70. The highest BCUT2D eigenvalue weighted by molar-refractivity contribution is 5.43. The van der Waals surface area contributed by atoms with Crippen LogP contribution < -0.4 is 0 Å². The van der Waals surface area contributed by atoms with Crippen molar-refractivity contribution in [2.45, 2.75) is 12.8 Å². The Hall–Kier alpha value is -1.68. The maximum atomic E-state index is 5.41. The van der Waals surface area contributed by atoms with E-state index in [-0.39, 0.29) is 5.92 Å². The molecular weight excluding hydrogens is 172 g/mol. The van der Waals surface area contributed by atoms with Gasteiger partial charge in [0.25, 0.3) is 0 Å². The van der Waals surface area contributed by atoms with Crippen molar-refractivity contribution in [3.8, 4) is 12.3 Å². The third-order valence-electron chi connectivity index (χ3n) is 2.33. The van der Waals surface area contributed by atoms with E-state index in [1.165, 1.54) is 0 Å². The van der Waals surface area contributed by atoms with Crippen LogP contribution in [0.25, 0.3) is 0 Å². The molecule has 0 spiro atoms. The minimum atomic E-state index is 0.132. The summed E-state index contributed by atoms with van der Waals surface area (Å²) in [5.74, 6) is 3.52. The number of methoxy groups -OCH3 is 1. The van der Waals surface area contributed by atoms with E-state index < -0.39 is 0 Å². The highest BCUT2D eigenvalue weighted by Gasteiger charge is 2.12. The maximum Gasteiger partial charge on any atom is 0.0956 e. The van der Waals surface area contributed by atoms with Crippen molar-refractivity contribution in [3.63, 3.8) is 0 Å². The van der Waals surface area contributed by atoms with Crippen molar-refractivity contribution < 1.29 is 4.74 Å². The highest BCUT2D eigenvalue weighted by atomic mass is 16.5. The van der Waals surface area contributed by atoms with E-state index in [1.54, 1.807) is 7.11 Å². The Kier molecular flexibility index (Phi) is 3.36. The van der Waals surface area contributed by atoms with Gasteiger partial charge in [-0.3, -0.25) is 0 Å². The van der Waals surface area contributed by atoms with Crippen LogP contribution in [0.3, 0.4) is 0 Å². The number of hydrogen-bond donors (Lipinski definition) is 0. The van der Waals surface area contributed by atoms with Gasteiger partial charge in [-0.2, -0.15) is 0 Å². The van der Waals surface area contributed by atoms with Gasteiger partial charge in [0.05, 0.1) is 12.9 Å².